The molecule has 0 atom stereocenters. The van der Waals surface area contributed by atoms with Crippen molar-refractivity contribution >= 4 is 23.0 Å². The monoisotopic (exact) mass is 538 g/mol. The molecule has 5 nitrogen and oxygen atoms in total. The highest BCUT2D eigenvalue weighted by molar-refractivity contribution is 7.15. The van der Waals surface area contributed by atoms with Crippen molar-refractivity contribution in [2.24, 2.45) is 0 Å². The highest BCUT2D eigenvalue weighted by Gasteiger charge is 2.33. The molecule has 196 valence electrons. The number of hydrogen-bond acceptors (Lipinski definition) is 4. The molecule has 0 saturated heterocycles. The fourth-order valence-electron chi connectivity index (χ4n) is 3.98. The fraction of sp³-hybridized carbons (Fsp3) is 0.172. The Labute approximate surface area is 221 Å². The van der Waals surface area contributed by atoms with E-state index in [2.05, 4.69) is 4.98 Å². The van der Waals surface area contributed by atoms with Gasteiger partial charge in [-0.1, -0.05) is 42.0 Å². The van der Waals surface area contributed by atoms with Crippen LogP contribution < -0.4 is 4.74 Å². The molecule has 0 unspecified atom stereocenters. The summed E-state index contributed by atoms with van der Waals surface area (Å²) in [6, 6.07) is 18.4. The molecular formula is C29H25F3N2O3S. The van der Waals surface area contributed by atoms with Gasteiger partial charge >= 0.3 is 12.1 Å². The molecule has 3 aromatic heterocycles. The largest absolute Gasteiger partial charge is 0.488 e. The molecule has 1 N–H and O–H groups in total. The minimum absolute atomic E-state index is 0.118. The van der Waals surface area contributed by atoms with Crippen LogP contribution in [0.3, 0.4) is 0 Å². The smallest absolute Gasteiger partial charge is 0.416 e. The number of imidazole rings is 1. The molecule has 0 amide bonds. The number of fused-ring (bicyclic) bond motifs is 1. The number of benzene rings is 2. The Hall–Kier alpha value is -4.11. The lowest BCUT2D eigenvalue weighted by Gasteiger charge is -2.13. The molecule has 5 rings (SSSR count). The second-order valence-electron chi connectivity index (χ2n) is 8.67. The van der Waals surface area contributed by atoms with Gasteiger partial charge in [-0.15, -0.1) is 11.3 Å². The lowest BCUT2D eigenvalue weighted by Crippen LogP contribution is -2.10. The number of thiophene rings is 1. The average Bonchev–Trinajstić information content (AvgIpc) is 3.45. The zero-order chi connectivity index (χ0) is 27.4. The van der Waals surface area contributed by atoms with E-state index in [-0.39, 0.29) is 12.2 Å². The second kappa shape index (κ2) is 11.1. The molecule has 0 aliphatic rings. The number of hydrogen-bond donors (Lipinski definition) is 1. The number of alkyl halides is 3. The molecule has 0 saturated carbocycles. The molecule has 0 aliphatic heterocycles. The normalized spacial score (nSPS) is 11.2. The highest BCUT2D eigenvalue weighted by Crippen LogP contribution is 2.37. The maximum atomic E-state index is 13.1. The third kappa shape index (κ3) is 6.06. The number of ether oxygens (including phenoxy) is 1. The zero-order valence-electron chi connectivity index (χ0n) is 20.9. The predicted molar refractivity (Wildman–Crippen MR) is 142 cm³/mol. The van der Waals surface area contributed by atoms with Crippen LogP contribution in [0.4, 0.5) is 13.2 Å². The molecular weight excluding hydrogens is 513 g/mol. The lowest BCUT2D eigenvalue weighted by molar-refractivity contribution is -0.138. The van der Waals surface area contributed by atoms with E-state index in [0.29, 0.717) is 11.3 Å². The first-order valence-electron chi connectivity index (χ1n) is 11.7. The summed E-state index contributed by atoms with van der Waals surface area (Å²) in [7, 11) is 0. The van der Waals surface area contributed by atoms with E-state index in [1.54, 1.807) is 31.3 Å². The van der Waals surface area contributed by atoms with E-state index in [1.807, 2.05) is 54.8 Å². The first-order valence-corrected chi connectivity index (χ1v) is 12.5. The Morgan fingerprint density at radius 3 is 2.47 bits per heavy atom. The summed E-state index contributed by atoms with van der Waals surface area (Å²) >= 11 is 1.52. The van der Waals surface area contributed by atoms with Crippen molar-refractivity contribution < 1.29 is 27.8 Å². The molecule has 5 aromatic rings. The Bertz CT molecular complexity index is 1590. The fourth-order valence-corrected chi connectivity index (χ4v) is 4.95. The van der Waals surface area contributed by atoms with E-state index >= 15 is 0 Å². The molecule has 0 radical (unpaired) electrons. The van der Waals surface area contributed by atoms with Gasteiger partial charge in [0.15, 0.2) is 0 Å². The molecule has 9 heteroatoms. The van der Waals surface area contributed by atoms with Crippen molar-refractivity contribution in [3.63, 3.8) is 0 Å². The van der Waals surface area contributed by atoms with E-state index in [9.17, 15) is 18.0 Å². The van der Waals surface area contributed by atoms with Gasteiger partial charge in [0, 0.05) is 22.7 Å². The van der Waals surface area contributed by atoms with Crippen molar-refractivity contribution in [1.82, 2.24) is 9.38 Å². The van der Waals surface area contributed by atoms with E-state index in [0.717, 1.165) is 38.3 Å². The maximum absolute atomic E-state index is 13.1. The van der Waals surface area contributed by atoms with Gasteiger partial charge in [0.2, 0.25) is 0 Å². The van der Waals surface area contributed by atoms with E-state index < -0.39 is 17.7 Å². The molecule has 2 aromatic carbocycles. The number of carboxylic acids is 1. The van der Waals surface area contributed by atoms with Crippen LogP contribution in [0.15, 0.2) is 79.1 Å². The van der Waals surface area contributed by atoms with Crippen LogP contribution in [0.2, 0.25) is 0 Å². The van der Waals surface area contributed by atoms with Gasteiger partial charge < -0.3 is 9.84 Å². The van der Waals surface area contributed by atoms with E-state index in [1.165, 1.54) is 23.5 Å². The van der Waals surface area contributed by atoms with Crippen molar-refractivity contribution in [3.8, 4) is 16.3 Å². The molecule has 0 fully saturated rings. The summed E-state index contributed by atoms with van der Waals surface area (Å²) in [5.41, 5.74) is 3.50. The van der Waals surface area contributed by atoms with Crippen LogP contribution in [-0.2, 0) is 12.8 Å². The summed E-state index contributed by atoms with van der Waals surface area (Å²) in [4.78, 5) is 16.8. The molecule has 38 heavy (non-hydrogen) atoms. The quantitative estimate of drug-likeness (QED) is 0.247. The summed E-state index contributed by atoms with van der Waals surface area (Å²) in [6.07, 6.45) is -0.693. The van der Waals surface area contributed by atoms with Gasteiger partial charge in [0.25, 0.3) is 0 Å². The number of carboxylic acid groups (broad SMARTS) is 1. The van der Waals surface area contributed by atoms with Crippen molar-refractivity contribution in [2.45, 2.75) is 33.6 Å². The first-order chi connectivity index (χ1) is 18.0. The minimum atomic E-state index is -4.40. The summed E-state index contributed by atoms with van der Waals surface area (Å²) in [5.74, 6) is -0.277. The van der Waals surface area contributed by atoms with Crippen LogP contribution in [0, 0.1) is 20.8 Å². The van der Waals surface area contributed by atoms with Crippen LogP contribution in [-0.4, -0.2) is 20.5 Å². The van der Waals surface area contributed by atoms with Gasteiger partial charge in [0.05, 0.1) is 27.9 Å². The third-order valence-corrected chi connectivity index (χ3v) is 6.91. The summed E-state index contributed by atoms with van der Waals surface area (Å²) in [6.45, 7) is 5.50. The average molecular weight is 539 g/mol. The molecule has 0 bridgehead atoms. The number of carbonyl (C=O) groups is 1. The van der Waals surface area contributed by atoms with Crippen molar-refractivity contribution in [3.05, 3.63) is 112 Å². The van der Waals surface area contributed by atoms with Crippen LogP contribution in [0.25, 0.3) is 16.2 Å². The third-order valence-electron chi connectivity index (χ3n) is 5.86. The van der Waals surface area contributed by atoms with E-state index in [4.69, 9.17) is 9.84 Å². The second-order valence-corrected chi connectivity index (χ2v) is 9.93. The number of nitrogens with zero attached hydrogens (tertiary/aromatic N) is 2. The molecule has 0 spiro atoms. The first kappa shape index (κ1) is 26.9. The number of halogens is 3. The maximum Gasteiger partial charge on any atom is 0.416 e. The van der Waals surface area contributed by atoms with Gasteiger partial charge in [-0.3, -0.25) is 4.40 Å². The predicted octanol–water partition coefficient (Wildman–Crippen LogP) is 7.97. The topological polar surface area (TPSA) is 63.8 Å². The molecule has 0 aliphatic carbocycles. The van der Waals surface area contributed by atoms with Gasteiger partial charge in [-0.25, -0.2) is 9.78 Å². The van der Waals surface area contributed by atoms with Crippen LogP contribution in [0.1, 0.15) is 37.5 Å². The highest BCUT2D eigenvalue weighted by atomic mass is 32.1. The Balaban J connectivity index is 0.000000257. The minimum Gasteiger partial charge on any atom is -0.488 e. The Morgan fingerprint density at radius 1 is 1.03 bits per heavy atom. The van der Waals surface area contributed by atoms with Gasteiger partial charge in [0.1, 0.15) is 18.0 Å². The Morgan fingerprint density at radius 2 is 1.76 bits per heavy atom. The van der Waals surface area contributed by atoms with Crippen LogP contribution in [0.5, 0.6) is 5.75 Å². The zero-order valence-corrected chi connectivity index (χ0v) is 21.7. The van der Waals surface area contributed by atoms with Crippen molar-refractivity contribution in [1.29, 1.82) is 0 Å². The summed E-state index contributed by atoms with van der Waals surface area (Å²) < 4.78 is 47.1. The van der Waals surface area contributed by atoms with Crippen LogP contribution >= 0.6 is 11.3 Å². The van der Waals surface area contributed by atoms with Gasteiger partial charge in [-0.2, -0.15) is 13.2 Å². The summed E-state index contributed by atoms with van der Waals surface area (Å²) in [5, 5.41) is 8.66. The standard InChI is InChI=1S/C20H15F3N2OS.C9H10O2/c1-13-17(26-12-14-6-2-3-7-15(14)20(21,22)23)10-18(27-13)16-11-24-19-8-4-5-9-25(16)19;1-6-3-4-8(9(10)11)7(2)5-6/h2-11H,12H2,1H3;3-5H,1-2H3,(H,10,11). The Kier molecular flexibility index (Phi) is 7.87. The number of rotatable bonds is 5. The van der Waals surface area contributed by atoms with Gasteiger partial charge in [-0.05, 0) is 50.6 Å². The van der Waals surface area contributed by atoms with Crippen molar-refractivity contribution in [2.75, 3.05) is 0 Å². The number of aromatic carboxylic acids is 1. The molecule has 3 heterocycles. The number of aromatic nitrogens is 2. The SMILES string of the molecule is Cc1ccc(C(=O)O)c(C)c1.Cc1sc(-c2cnc3ccccn23)cc1OCc1ccccc1C(F)(F)F. The lowest BCUT2D eigenvalue weighted by atomic mass is 10.1. The number of pyridine rings is 1. The number of aryl methyl sites for hydroxylation is 3.